The molecular formula is C12H17N3O5S. The molecule has 0 aromatic heterocycles. The lowest BCUT2D eigenvalue weighted by molar-refractivity contribution is -0.384. The van der Waals surface area contributed by atoms with Crippen LogP contribution >= 0.6 is 0 Å². The summed E-state index contributed by atoms with van der Waals surface area (Å²) in [4.78, 5) is 22.0. The van der Waals surface area contributed by atoms with Crippen LogP contribution in [0, 0.1) is 10.1 Å². The van der Waals surface area contributed by atoms with E-state index in [1.165, 1.54) is 18.2 Å². The third-order valence-electron chi connectivity index (χ3n) is 2.58. The summed E-state index contributed by atoms with van der Waals surface area (Å²) in [5.74, 6) is -0.506. The minimum absolute atomic E-state index is 0.0263. The molecule has 116 valence electrons. The molecule has 0 unspecified atom stereocenters. The fraction of sp³-hybridized carbons (Fsp3) is 0.417. The standard InChI is InChI=1S/C12H17N3O5S/c1-3-13-12(16)9-4-5-11(15(17)18)10(8-9)14-6-7-21(2,19)20/h4-5,8,14H,3,6-7H2,1-2H3,(H,13,16). The number of rotatable bonds is 7. The van der Waals surface area contributed by atoms with Gasteiger partial charge in [-0.15, -0.1) is 0 Å². The van der Waals surface area contributed by atoms with Crippen molar-refractivity contribution in [2.24, 2.45) is 0 Å². The number of hydrogen-bond donors (Lipinski definition) is 2. The molecule has 21 heavy (non-hydrogen) atoms. The number of amides is 1. The number of nitrogens with one attached hydrogen (secondary N) is 2. The first-order chi connectivity index (χ1) is 9.74. The van der Waals surface area contributed by atoms with E-state index in [1.54, 1.807) is 6.92 Å². The van der Waals surface area contributed by atoms with Crippen LogP contribution in [-0.4, -0.2) is 44.3 Å². The van der Waals surface area contributed by atoms with E-state index in [0.29, 0.717) is 6.54 Å². The van der Waals surface area contributed by atoms with Gasteiger partial charge in [-0.3, -0.25) is 14.9 Å². The van der Waals surface area contributed by atoms with Gasteiger partial charge in [0.15, 0.2) is 0 Å². The van der Waals surface area contributed by atoms with Crippen LogP contribution < -0.4 is 10.6 Å². The third-order valence-corrected chi connectivity index (χ3v) is 3.53. The second-order valence-electron chi connectivity index (χ2n) is 4.41. The molecule has 0 aliphatic heterocycles. The van der Waals surface area contributed by atoms with Gasteiger partial charge in [-0.05, 0) is 19.1 Å². The van der Waals surface area contributed by atoms with Crippen LogP contribution in [0.4, 0.5) is 11.4 Å². The van der Waals surface area contributed by atoms with Crippen molar-refractivity contribution in [3.8, 4) is 0 Å². The van der Waals surface area contributed by atoms with Crippen molar-refractivity contribution in [2.75, 3.05) is 30.4 Å². The van der Waals surface area contributed by atoms with Crippen LogP contribution in [0.3, 0.4) is 0 Å². The summed E-state index contributed by atoms with van der Waals surface area (Å²) in [7, 11) is -3.17. The number of nitro groups is 1. The predicted molar refractivity (Wildman–Crippen MR) is 79.3 cm³/mol. The number of carbonyl (C=O) groups excluding carboxylic acids is 1. The predicted octanol–water partition coefficient (Wildman–Crippen LogP) is 0.801. The zero-order valence-electron chi connectivity index (χ0n) is 11.8. The Labute approximate surface area is 122 Å². The van der Waals surface area contributed by atoms with Crippen molar-refractivity contribution in [3.05, 3.63) is 33.9 Å². The number of hydrogen-bond acceptors (Lipinski definition) is 6. The van der Waals surface area contributed by atoms with Crippen molar-refractivity contribution in [1.82, 2.24) is 5.32 Å². The number of nitro benzene ring substituents is 1. The first-order valence-corrected chi connectivity index (χ1v) is 8.29. The molecule has 2 N–H and O–H groups in total. The molecule has 0 aliphatic carbocycles. The SMILES string of the molecule is CCNC(=O)c1ccc([N+](=O)[O-])c(NCCS(C)(=O)=O)c1. The first-order valence-electron chi connectivity index (χ1n) is 6.23. The van der Waals surface area contributed by atoms with Crippen molar-refractivity contribution in [3.63, 3.8) is 0 Å². The van der Waals surface area contributed by atoms with Gasteiger partial charge in [-0.25, -0.2) is 8.42 Å². The van der Waals surface area contributed by atoms with Crippen LogP contribution in [0.25, 0.3) is 0 Å². The Balaban J connectivity index is 2.99. The van der Waals surface area contributed by atoms with E-state index in [0.717, 1.165) is 6.26 Å². The summed E-state index contributed by atoms with van der Waals surface area (Å²) in [6, 6.07) is 3.91. The van der Waals surface area contributed by atoms with Crippen molar-refractivity contribution < 1.29 is 18.1 Å². The number of sulfone groups is 1. The second kappa shape index (κ2) is 7.02. The normalized spacial score (nSPS) is 11.0. The third kappa shape index (κ3) is 5.38. The van der Waals surface area contributed by atoms with Crippen LogP contribution in [0.5, 0.6) is 0 Å². The molecule has 0 spiro atoms. The van der Waals surface area contributed by atoms with E-state index in [2.05, 4.69) is 10.6 Å². The lowest BCUT2D eigenvalue weighted by Crippen LogP contribution is -2.23. The topological polar surface area (TPSA) is 118 Å². The molecule has 0 aliphatic rings. The molecule has 0 saturated carbocycles. The fourth-order valence-corrected chi connectivity index (χ4v) is 2.08. The smallest absolute Gasteiger partial charge is 0.292 e. The highest BCUT2D eigenvalue weighted by Crippen LogP contribution is 2.25. The van der Waals surface area contributed by atoms with Crippen LogP contribution in [0.2, 0.25) is 0 Å². The van der Waals surface area contributed by atoms with Crippen LogP contribution in [0.1, 0.15) is 17.3 Å². The molecular weight excluding hydrogens is 298 g/mol. The number of carbonyl (C=O) groups is 1. The molecule has 0 fully saturated rings. The Morgan fingerprint density at radius 2 is 2.05 bits per heavy atom. The van der Waals surface area contributed by atoms with E-state index in [-0.39, 0.29) is 35.1 Å². The van der Waals surface area contributed by atoms with Gasteiger partial charge < -0.3 is 10.6 Å². The second-order valence-corrected chi connectivity index (χ2v) is 6.66. The van der Waals surface area contributed by atoms with E-state index >= 15 is 0 Å². The summed E-state index contributed by atoms with van der Waals surface area (Å²) in [5.41, 5.74) is 0.174. The summed E-state index contributed by atoms with van der Waals surface area (Å²) in [5, 5.41) is 16.2. The molecule has 0 radical (unpaired) electrons. The van der Waals surface area contributed by atoms with Crippen LogP contribution in [0.15, 0.2) is 18.2 Å². The van der Waals surface area contributed by atoms with Crippen molar-refractivity contribution in [2.45, 2.75) is 6.92 Å². The van der Waals surface area contributed by atoms with Crippen LogP contribution in [-0.2, 0) is 9.84 Å². The summed E-state index contributed by atoms with van der Waals surface area (Å²) >= 11 is 0. The van der Waals surface area contributed by atoms with Crippen molar-refractivity contribution >= 4 is 27.1 Å². The number of nitrogens with zero attached hydrogens (tertiary/aromatic N) is 1. The minimum atomic E-state index is -3.17. The monoisotopic (exact) mass is 315 g/mol. The Hall–Kier alpha value is -2.16. The Morgan fingerprint density at radius 3 is 2.57 bits per heavy atom. The lowest BCUT2D eigenvalue weighted by atomic mass is 10.1. The molecule has 0 heterocycles. The Bertz CT molecular complexity index is 642. The van der Waals surface area contributed by atoms with E-state index in [1.807, 2.05) is 0 Å². The van der Waals surface area contributed by atoms with Crippen molar-refractivity contribution in [1.29, 1.82) is 0 Å². The number of benzene rings is 1. The Kier molecular flexibility index (Phi) is 5.65. The molecule has 9 heteroatoms. The van der Waals surface area contributed by atoms with Gasteiger partial charge in [0.25, 0.3) is 11.6 Å². The molecule has 1 aromatic carbocycles. The average Bonchev–Trinajstić information content (AvgIpc) is 2.37. The highest BCUT2D eigenvalue weighted by Gasteiger charge is 2.16. The summed E-state index contributed by atoms with van der Waals surface area (Å²) in [6.45, 7) is 2.22. The molecule has 0 saturated heterocycles. The maximum absolute atomic E-state index is 11.7. The molecule has 1 aromatic rings. The van der Waals surface area contributed by atoms with Gasteiger partial charge in [-0.1, -0.05) is 0 Å². The largest absolute Gasteiger partial charge is 0.378 e. The summed E-state index contributed by atoms with van der Waals surface area (Å²) < 4.78 is 22.1. The average molecular weight is 315 g/mol. The summed E-state index contributed by atoms with van der Waals surface area (Å²) in [6.07, 6.45) is 1.08. The molecule has 0 atom stereocenters. The van der Waals surface area contributed by atoms with Gasteiger partial charge in [0.2, 0.25) is 0 Å². The quantitative estimate of drug-likeness (QED) is 0.567. The fourth-order valence-electron chi connectivity index (χ4n) is 1.61. The minimum Gasteiger partial charge on any atom is -0.378 e. The number of anilines is 1. The van der Waals surface area contributed by atoms with Gasteiger partial charge in [-0.2, -0.15) is 0 Å². The molecule has 0 bridgehead atoms. The zero-order valence-corrected chi connectivity index (χ0v) is 12.6. The molecule has 1 rings (SSSR count). The van der Waals surface area contributed by atoms with E-state index < -0.39 is 14.8 Å². The maximum atomic E-state index is 11.7. The highest BCUT2D eigenvalue weighted by atomic mass is 32.2. The zero-order chi connectivity index (χ0) is 16.0. The van der Waals surface area contributed by atoms with Gasteiger partial charge in [0.05, 0.1) is 10.7 Å². The Morgan fingerprint density at radius 1 is 1.38 bits per heavy atom. The highest BCUT2D eigenvalue weighted by molar-refractivity contribution is 7.90. The van der Waals surface area contributed by atoms with Gasteiger partial charge in [0, 0.05) is 31.0 Å². The maximum Gasteiger partial charge on any atom is 0.292 e. The molecule has 1 amide bonds. The first kappa shape index (κ1) is 16.9. The van der Waals surface area contributed by atoms with E-state index in [9.17, 15) is 23.3 Å². The molecule has 8 nitrogen and oxygen atoms in total. The lowest BCUT2D eigenvalue weighted by Gasteiger charge is -2.09. The van der Waals surface area contributed by atoms with Gasteiger partial charge in [0.1, 0.15) is 15.5 Å². The van der Waals surface area contributed by atoms with Gasteiger partial charge >= 0.3 is 0 Å². The van der Waals surface area contributed by atoms with E-state index in [4.69, 9.17) is 0 Å².